The van der Waals surface area contributed by atoms with Crippen molar-refractivity contribution in [2.45, 2.75) is 47.1 Å². The summed E-state index contributed by atoms with van der Waals surface area (Å²) < 4.78 is 2.23. The summed E-state index contributed by atoms with van der Waals surface area (Å²) in [6.07, 6.45) is 6.17. The minimum absolute atomic E-state index is 0.427. The Morgan fingerprint density at radius 2 is 2.06 bits per heavy atom. The first-order valence-electron chi connectivity index (χ1n) is 6.23. The summed E-state index contributed by atoms with van der Waals surface area (Å²) in [5, 5.41) is 3.48. The van der Waals surface area contributed by atoms with Gasteiger partial charge in [0.15, 0.2) is 0 Å². The molecule has 0 amide bonds. The Labute approximate surface area is 99.3 Å². The zero-order chi connectivity index (χ0) is 12.0. The number of aromatic nitrogens is 2. The van der Waals surface area contributed by atoms with E-state index in [2.05, 4.69) is 48.8 Å². The van der Waals surface area contributed by atoms with Crippen molar-refractivity contribution in [1.82, 2.24) is 14.9 Å². The highest BCUT2D eigenvalue weighted by atomic mass is 15.1. The van der Waals surface area contributed by atoms with Crippen molar-refractivity contribution in [3.63, 3.8) is 0 Å². The molecule has 1 rings (SSSR count). The van der Waals surface area contributed by atoms with Crippen LogP contribution in [0.4, 0.5) is 0 Å². The molecule has 0 fully saturated rings. The van der Waals surface area contributed by atoms with Gasteiger partial charge in [0.1, 0.15) is 5.82 Å². The maximum absolute atomic E-state index is 4.31. The van der Waals surface area contributed by atoms with Gasteiger partial charge in [-0.15, -0.1) is 0 Å². The van der Waals surface area contributed by atoms with Crippen molar-refractivity contribution in [3.8, 4) is 0 Å². The minimum Gasteiger partial charge on any atom is -0.334 e. The first-order valence-corrected chi connectivity index (χ1v) is 6.23. The lowest BCUT2D eigenvalue weighted by molar-refractivity contribution is 0.365. The molecule has 0 saturated heterocycles. The van der Waals surface area contributed by atoms with E-state index in [9.17, 15) is 0 Å². The lowest BCUT2D eigenvalue weighted by Gasteiger charge is -2.18. The average Bonchev–Trinajstić information content (AvgIpc) is 2.63. The third-order valence-electron chi connectivity index (χ3n) is 2.70. The second-order valence-electron chi connectivity index (χ2n) is 5.45. The maximum atomic E-state index is 4.31. The predicted molar refractivity (Wildman–Crippen MR) is 68.5 cm³/mol. The van der Waals surface area contributed by atoms with Gasteiger partial charge < -0.3 is 9.88 Å². The van der Waals surface area contributed by atoms with E-state index in [1.807, 2.05) is 6.20 Å². The highest BCUT2D eigenvalue weighted by Crippen LogP contribution is 2.16. The molecular formula is C13H25N3. The number of nitrogens with one attached hydrogen (secondary N) is 1. The first kappa shape index (κ1) is 13.2. The van der Waals surface area contributed by atoms with Gasteiger partial charge in [0, 0.05) is 31.9 Å². The quantitative estimate of drug-likeness (QED) is 0.751. The van der Waals surface area contributed by atoms with E-state index in [4.69, 9.17) is 0 Å². The molecule has 0 saturated carbocycles. The monoisotopic (exact) mass is 223 g/mol. The summed E-state index contributed by atoms with van der Waals surface area (Å²) in [5.41, 5.74) is 0.427. The van der Waals surface area contributed by atoms with Crippen LogP contribution in [0.2, 0.25) is 0 Å². The topological polar surface area (TPSA) is 29.9 Å². The lowest BCUT2D eigenvalue weighted by Crippen LogP contribution is -2.24. The fraction of sp³-hybridized carbons (Fsp3) is 0.769. The van der Waals surface area contributed by atoms with E-state index in [0.717, 1.165) is 26.1 Å². The second-order valence-corrected chi connectivity index (χ2v) is 5.45. The number of hydrogen-bond donors (Lipinski definition) is 1. The van der Waals surface area contributed by atoms with Gasteiger partial charge >= 0.3 is 0 Å². The van der Waals surface area contributed by atoms with Crippen molar-refractivity contribution in [3.05, 3.63) is 18.2 Å². The summed E-state index contributed by atoms with van der Waals surface area (Å²) >= 11 is 0. The smallest absolute Gasteiger partial charge is 0.108 e. The molecule has 0 atom stereocenters. The van der Waals surface area contributed by atoms with Crippen molar-refractivity contribution in [2.75, 3.05) is 13.1 Å². The van der Waals surface area contributed by atoms with Gasteiger partial charge in [-0.1, -0.05) is 27.7 Å². The van der Waals surface area contributed by atoms with Gasteiger partial charge in [0.05, 0.1) is 0 Å². The van der Waals surface area contributed by atoms with E-state index < -0.39 is 0 Å². The van der Waals surface area contributed by atoms with Crippen LogP contribution in [0.15, 0.2) is 12.4 Å². The number of hydrogen-bond acceptors (Lipinski definition) is 2. The molecular weight excluding hydrogens is 198 g/mol. The Balaban J connectivity index is 2.16. The van der Waals surface area contributed by atoms with E-state index >= 15 is 0 Å². The van der Waals surface area contributed by atoms with E-state index in [0.29, 0.717) is 5.41 Å². The van der Waals surface area contributed by atoms with Crippen LogP contribution in [0, 0.1) is 5.41 Å². The molecule has 0 aliphatic carbocycles. The molecule has 1 N–H and O–H groups in total. The summed E-state index contributed by atoms with van der Waals surface area (Å²) in [6.45, 7) is 12.1. The molecule has 0 aliphatic rings. The number of rotatable bonds is 6. The zero-order valence-electron chi connectivity index (χ0n) is 11.1. The SMILES string of the molecule is CCc1nccn1CCNCCC(C)(C)C. The van der Waals surface area contributed by atoms with Crippen LogP contribution >= 0.6 is 0 Å². The number of nitrogens with zero attached hydrogens (tertiary/aromatic N) is 2. The van der Waals surface area contributed by atoms with Gasteiger partial charge in [0.25, 0.3) is 0 Å². The third-order valence-corrected chi connectivity index (χ3v) is 2.70. The lowest BCUT2D eigenvalue weighted by atomic mass is 9.92. The largest absolute Gasteiger partial charge is 0.334 e. The highest BCUT2D eigenvalue weighted by Gasteiger charge is 2.08. The van der Waals surface area contributed by atoms with E-state index in [1.165, 1.54) is 12.2 Å². The maximum Gasteiger partial charge on any atom is 0.108 e. The second kappa shape index (κ2) is 6.04. The zero-order valence-corrected chi connectivity index (χ0v) is 11.1. The molecule has 92 valence electrons. The van der Waals surface area contributed by atoms with Crippen LogP contribution in [-0.2, 0) is 13.0 Å². The molecule has 16 heavy (non-hydrogen) atoms. The first-order chi connectivity index (χ1) is 7.53. The molecule has 1 aromatic rings. The fourth-order valence-electron chi connectivity index (χ4n) is 1.65. The summed E-state index contributed by atoms with van der Waals surface area (Å²) in [5.74, 6) is 1.18. The van der Waals surface area contributed by atoms with Crippen molar-refractivity contribution in [1.29, 1.82) is 0 Å². The predicted octanol–water partition coefficient (Wildman–Crippen LogP) is 2.47. The Hall–Kier alpha value is -0.830. The van der Waals surface area contributed by atoms with Gasteiger partial charge in [0.2, 0.25) is 0 Å². The van der Waals surface area contributed by atoms with Crippen molar-refractivity contribution < 1.29 is 0 Å². The summed E-state index contributed by atoms with van der Waals surface area (Å²) in [4.78, 5) is 4.31. The molecule has 3 heteroatoms. The van der Waals surface area contributed by atoms with Crippen LogP contribution < -0.4 is 5.32 Å². The van der Waals surface area contributed by atoms with Crippen molar-refractivity contribution in [2.24, 2.45) is 5.41 Å². The molecule has 1 heterocycles. The van der Waals surface area contributed by atoms with Gasteiger partial charge in [-0.2, -0.15) is 0 Å². The van der Waals surface area contributed by atoms with Crippen LogP contribution in [-0.4, -0.2) is 22.6 Å². The fourth-order valence-corrected chi connectivity index (χ4v) is 1.65. The van der Waals surface area contributed by atoms with Crippen molar-refractivity contribution >= 4 is 0 Å². The van der Waals surface area contributed by atoms with Gasteiger partial charge in [-0.05, 0) is 18.4 Å². The molecule has 3 nitrogen and oxygen atoms in total. The van der Waals surface area contributed by atoms with Gasteiger partial charge in [-0.3, -0.25) is 0 Å². The normalized spacial score (nSPS) is 12.0. The Bertz CT molecular complexity index is 296. The van der Waals surface area contributed by atoms with E-state index in [1.54, 1.807) is 0 Å². The molecule has 0 unspecified atom stereocenters. The summed E-state index contributed by atoms with van der Waals surface area (Å²) in [7, 11) is 0. The number of aryl methyl sites for hydroxylation is 1. The van der Waals surface area contributed by atoms with Crippen LogP contribution in [0.1, 0.15) is 39.9 Å². The minimum atomic E-state index is 0.427. The third kappa shape index (κ3) is 4.79. The van der Waals surface area contributed by atoms with Crippen LogP contribution in [0.3, 0.4) is 0 Å². The molecule has 0 aromatic carbocycles. The van der Waals surface area contributed by atoms with E-state index in [-0.39, 0.29) is 0 Å². The van der Waals surface area contributed by atoms with Crippen LogP contribution in [0.5, 0.6) is 0 Å². The highest BCUT2D eigenvalue weighted by molar-refractivity contribution is 4.91. The van der Waals surface area contributed by atoms with Gasteiger partial charge in [-0.25, -0.2) is 4.98 Å². The number of imidazole rings is 1. The molecule has 0 bridgehead atoms. The van der Waals surface area contributed by atoms with Crippen LogP contribution in [0.25, 0.3) is 0 Å². The molecule has 0 aliphatic heterocycles. The molecule has 0 radical (unpaired) electrons. The molecule has 0 spiro atoms. The standard InChI is InChI=1S/C13H25N3/c1-5-12-15-9-11-16(12)10-8-14-7-6-13(2,3)4/h9,11,14H,5-8,10H2,1-4H3. The Kier molecular flexibility index (Phi) is 5.00. The Morgan fingerprint density at radius 3 is 2.69 bits per heavy atom. The molecule has 1 aromatic heterocycles. The Morgan fingerprint density at radius 1 is 1.31 bits per heavy atom. The average molecular weight is 223 g/mol. The summed E-state index contributed by atoms with van der Waals surface area (Å²) in [6, 6.07) is 0.